The molecule has 0 spiro atoms. The molecule has 2 amide bonds. The van der Waals surface area contributed by atoms with Gasteiger partial charge in [-0.3, -0.25) is 9.59 Å². The predicted molar refractivity (Wildman–Crippen MR) is 150 cm³/mol. The number of rotatable bonds is 0. The lowest BCUT2D eigenvalue weighted by molar-refractivity contribution is -0.576. The van der Waals surface area contributed by atoms with E-state index in [-0.39, 0.29) is 45.1 Å². The van der Waals surface area contributed by atoms with E-state index in [1.54, 1.807) is 48.5 Å². The first-order valence-electron chi connectivity index (χ1n) is 13.4. The van der Waals surface area contributed by atoms with Gasteiger partial charge in [0, 0.05) is 45.8 Å². The second kappa shape index (κ2) is 9.24. The maximum Gasteiger partial charge on any atom is 0.739 e. The molecule has 6 heterocycles. The summed E-state index contributed by atoms with van der Waals surface area (Å²) in [7, 11) is 0. The lowest BCUT2D eigenvalue weighted by Gasteiger charge is -2.35. The third-order valence-corrected chi connectivity index (χ3v) is 8.02. The molecule has 8 rings (SSSR count). The first-order chi connectivity index (χ1) is 21.1. The fraction of sp³-hybridized carbons (Fsp3) is 0. The number of pyridine rings is 2. The monoisotopic (exact) mass is 590 g/mol. The highest BCUT2D eigenvalue weighted by molar-refractivity contribution is 6.62. The van der Waals surface area contributed by atoms with E-state index in [0.29, 0.717) is 29.7 Å². The Morgan fingerprint density at radius 1 is 0.545 bits per heavy atom. The van der Waals surface area contributed by atoms with Gasteiger partial charge < -0.3 is 35.8 Å². The van der Waals surface area contributed by atoms with Crippen LogP contribution in [-0.4, -0.2) is 35.4 Å². The molecule has 4 aliphatic heterocycles. The van der Waals surface area contributed by atoms with Crippen LogP contribution in [0.25, 0.3) is 22.5 Å². The molecule has 0 saturated heterocycles. The molecular formula is C30H16B2F4N6O2. The summed E-state index contributed by atoms with van der Waals surface area (Å²) in [6.07, 6.45) is 2.39. The van der Waals surface area contributed by atoms with Crippen molar-refractivity contribution in [2.45, 2.75) is 0 Å². The van der Waals surface area contributed by atoms with E-state index in [9.17, 15) is 37.4 Å². The van der Waals surface area contributed by atoms with Crippen LogP contribution in [0.4, 0.5) is 17.3 Å². The average molecular weight is 590 g/mol. The summed E-state index contributed by atoms with van der Waals surface area (Å²) in [6.45, 7) is -8.67. The van der Waals surface area contributed by atoms with Gasteiger partial charge in [-0.1, -0.05) is 48.5 Å². The third-order valence-electron chi connectivity index (χ3n) is 8.02. The zero-order chi connectivity index (χ0) is 31.0. The molecular weight excluding hydrogens is 574 g/mol. The van der Waals surface area contributed by atoms with Crippen LogP contribution in [0.3, 0.4) is 0 Å². The summed E-state index contributed by atoms with van der Waals surface area (Å²) in [5.74, 6) is -1.55. The van der Waals surface area contributed by atoms with Gasteiger partial charge in [-0.05, 0) is 24.3 Å². The van der Waals surface area contributed by atoms with Gasteiger partial charge >= 0.3 is 13.9 Å². The molecule has 0 atom stereocenters. The zero-order valence-electron chi connectivity index (χ0n) is 22.4. The average Bonchev–Trinajstić information content (AvgIpc) is 3.51. The molecule has 0 unspecified atom stereocenters. The predicted octanol–water partition coefficient (Wildman–Crippen LogP) is 4.12. The number of nitrogens with zero attached hydrogens (tertiary/aromatic N) is 6. The molecule has 4 aromatic rings. The van der Waals surface area contributed by atoms with Crippen molar-refractivity contribution in [1.82, 2.24) is 9.62 Å². The van der Waals surface area contributed by atoms with Crippen LogP contribution in [0.5, 0.6) is 0 Å². The molecule has 0 fully saturated rings. The van der Waals surface area contributed by atoms with Gasteiger partial charge in [-0.2, -0.15) is 10.5 Å². The van der Waals surface area contributed by atoms with Crippen LogP contribution in [0, 0.1) is 22.7 Å². The largest absolute Gasteiger partial charge is 0.739 e. The number of hydrogen-bond donors (Lipinski definition) is 0. The summed E-state index contributed by atoms with van der Waals surface area (Å²) < 4.78 is 60.9. The molecule has 0 radical (unpaired) electrons. The number of carbonyl (C=O) groups is 2. The van der Waals surface area contributed by atoms with Crippen LogP contribution in [0.15, 0.2) is 97.3 Å². The van der Waals surface area contributed by atoms with Gasteiger partial charge in [0.2, 0.25) is 11.8 Å². The Morgan fingerprint density at radius 2 is 0.886 bits per heavy atom. The van der Waals surface area contributed by atoms with E-state index in [2.05, 4.69) is 0 Å². The third kappa shape index (κ3) is 3.39. The number of nitriles is 2. The number of benzene rings is 2. The molecule has 4 aliphatic rings. The van der Waals surface area contributed by atoms with Gasteiger partial charge in [0.15, 0.2) is 11.4 Å². The minimum absolute atomic E-state index is 0.000648. The Balaban J connectivity index is 0.000000142. The fourth-order valence-corrected chi connectivity index (χ4v) is 6.17. The number of amides is 2. The SMILES string of the molecule is N#CC1=C2c3ccccc3C(=O)N2[B-](F)(F)[n+]2ccccc21.N#CC1=C2c3ccccc3C(=O)N2[B-](F)(F)[n+]2ccccc21. The Labute approximate surface area is 247 Å². The summed E-state index contributed by atoms with van der Waals surface area (Å²) in [4.78, 5) is 25.8. The Hall–Kier alpha value is -6.01. The van der Waals surface area contributed by atoms with E-state index in [1.807, 2.05) is 12.1 Å². The number of halogens is 4. The number of fused-ring (bicyclic) bond motifs is 8. The van der Waals surface area contributed by atoms with E-state index < -0.39 is 25.8 Å². The number of aromatic nitrogens is 2. The van der Waals surface area contributed by atoms with Gasteiger partial charge in [-0.25, -0.2) is 0 Å². The lowest BCUT2D eigenvalue weighted by Crippen LogP contribution is -2.72. The standard InChI is InChI=1S/2C15H8BF2N3O/c2*17-16(18)20-8-4-3-7-13(20)12(9-19)14-10-5-1-2-6-11(10)15(22)21(14)16/h2*1-8H. The van der Waals surface area contributed by atoms with Crippen molar-refractivity contribution in [3.05, 3.63) is 131 Å². The molecule has 8 nitrogen and oxygen atoms in total. The van der Waals surface area contributed by atoms with E-state index in [4.69, 9.17) is 0 Å². The van der Waals surface area contributed by atoms with Crippen molar-refractivity contribution in [3.8, 4) is 12.1 Å². The molecule has 2 aromatic heterocycles. The van der Waals surface area contributed by atoms with E-state index >= 15 is 0 Å². The highest BCUT2D eigenvalue weighted by Gasteiger charge is 2.60. The van der Waals surface area contributed by atoms with Crippen molar-refractivity contribution < 1.29 is 35.8 Å². The maximum atomic E-state index is 14.9. The highest BCUT2D eigenvalue weighted by Crippen LogP contribution is 2.44. The lowest BCUT2D eigenvalue weighted by atomic mass is 9.85. The minimum Gasteiger partial charge on any atom is -0.389 e. The topological polar surface area (TPSA) is 96.0 Å². The molecule has 0 N–H and O–H groups in total. The van der Waals surface area contributed by atoms with Gasteiger partial charge in [0.05, 0.1) is 0 Å². The Kier molecular flexibility index (Phi) is 5.64. The molecule has 2 aromatic carbocycles. The minimum atomic E-state index is -4.33. The maximum absolute atomic E-state index is 14.9. The number of carbonyl (C=O) groups excluding carboxylic acids is 2. The van der Waals surface area contributed by atoms with Gasteiger partial charge in [0.1, 0.15) is 35.7 Å². The van der Waals surface area contributed by atoms with Crippen molar-refractivity contribution in [3.63, 3.8) is 0 Å². The summed E-state index contributed by atoms with van der Waals surface area (Å²) in [5.41, 5.74) is 1.52. The first-order valence-corrected chi connectivity index (χ1v) is 13.4. The van der Waals surface area contributed by atoms with Crippen molar-refractivity contribution in [2.24, 2.45) is 0 Å². The molecule has 0 aliphatic carbocycles. The number of hydrogen-bond acceptors (Lipinski definition) is 4. The fourth-order valence-electron chi connectivity index (χ4n) is 6.17. The van der Waals surface area contributed by atoms with Crippen LogP contribution < -0.4 is 8.96 Å². The molecule has 0 bridgehead atoms. The summed E-state index contributed by atoms with van der Waals surface area (Å²) in [5, 5.41) is 18.9. The van der Waals surface area contributed by atoms with Crippen molar-refractivity contribution in [1.29, 1.82) is 10.5 Å². The molecule has 0 saturated carbocycles. The molecule has 44 heavy (non-hydrogen) atoms. The van der Waals surface area contributed by atoms with Crippen LogP contribution >= 0.6 is 0 Å². The number of allylic oxidation sites excluding steroid dienone is 2. The first kappa shape index (κ1) is 26.9. The van der Waals surface area contributed by atoms with Crippen LogP contribution in [-0.2, 0) is 0 Å². The van der Waals surface area contributed by atoms with Crippen molar-refractivity contribution >= 4 is 48.3 Å². The Bertz CT molecular complexity index is 1980. The molecule has 212 valence electrons. The smallest absolute Gasteiger partial charge is 0.389 e. The quantitative estimate of drug-likeness (QED) is 0.228. The second-order valence-corrected chi connectivity index (χ2v) is 10.3. The van der Waals surface area contributed by atoms with E-state index in [1.165, 1.54) is 48.8 Å². The van der Waals surface area contributed by atoms with E-state index in [0.717, 1.165) is 0 Å². The second-order valence-electron chi connectivity index (χ2n) is 10.3. The van der Waals surface area contributed by atoms with Crippen LogP contribution in [0.1, 0.15) is 43.2 Å². The summed E-state index contributed by atoms with van der Waals surface area (Å²) >= 11 is 0. The Morgan fingerprint density at radius 3 is 1.25 bits per heavy atom. The summed E-state index contributed by atoms with van der Waals surface area (Å²) in [6, 6.07) is 25.7. The van der Waals surface area contributed by atoms with Crippen molar-refractivity contribution in [2.75, 3.05) is 0 Å². The zero-order valence-corrected chi connectivity index (χ0v) is 22.4. The van der Waals surface area contributed by atoms with Crippen LogP contribution in [0.2, 0.25) is 0 Å². The van der Waals surface area contributed by atoms with Gasteiger partial charge in [-0.15, -0.1) is 0 Å². The normalized spacial score (nSPS) is 17.7. The molecule has 14 heteroatoms. The highest BCUT2D eigenvalue weighted by atomic mass is 19.3. The van der Waals surface area contributed by atoms with Gasteiger partial charge in [0.25, 0.3) is 0 Å².